The van der Waals surface area contributed by atoms with E-state index in [-0.39, 0.29) is 63.5 Å². The van der Waals surface area contributed by atoms with Crippen molar-refractivity contribution in [2.45, 2.75) is 57.5 Å². The number of fused-ring (bicyclic) bond motifs is 2. The van der Waals surface area contributed by atoms with Gasteiger partial charge in [-0.2, -0.15) is 0 Å². The third-order valence-corrected chi connectivity index (χ3v) is 8.73. The number of halogens is 3. The summed E-state index contributed by atoms with van der Waals surface area (Å²) in [5.74, 6) is -1.99. The van der Waals surface area contributed by atoms with Crippen LogP contribution in [0.1, 0.15) is 55.9 Å². The highest BCUT2D eigenvalue weighted by atomic mass is 35.5. The molecule has 3 aliphatic rings. The largest absolute Gasteiger partial charge is 0.356 e. The fourth-order valence-electron chi connectivity index (χ4n) is 6.24. The minimum atomic E-state index is -0.799. The molecule has 0 bridgehead atoms. The number of hydrogen-bond acceptors (Lipinski definition) is 4. The SMILES string of the molecule is CCC(=O)C(CC1CCNC1=O)NC(=O)C1C2CCCC2CN1C(=O)c1cc2c(Cl)cc(Cl)c(F)c2[nH]1. The number of carbonyl (C=O) groups is 4. The molecule has 3 heterocycles. The molecule has 0 spiro atoms. The lowest BCUT2D eigenvalue weighted by Gasteiger charge is -2.29. The summed E-state index contributed by atoms with van der Waals surface area (Å²) < 4.78 is 14.6. The summed E-state index contributed by atoms with van der Waals surface area (Å²) in [5, 5.41) is 6.04. The predicted octanol–water partition coefficient (Wildman–Crippen LogP) is 3.84. The molecule has 0 radical (unpaired) electrons. The van der Waals surface area contributed by atoms with E-state index in [1.54, 1.807) is 6.92 Å². The van der Waals surface area contributed by atoms with E-state index in [0.717, 1.165) is 19.3 Å². The van der Waals surface area contributed by atoms with E-state index in [0.29, 0.717) is 24.9 Å². The van der Waals surface area contributed by atoms with E-state index in [1.807, 2.05) is 0 Å². The molecule has 5 atom stereocenters. The maximum absolute atomic E-state index is 14.6. The quantitative estimate of drug-likeness (QED) is 0.454. The number of ketones is 1. The molecule has 2 saturated heterocycles. The summed E-state index contributed by atoms with van der Waals surface area (Å²) in [7, 11) is 0. The molecule has 2 aliphatic heterocycles. The lowest BCUT2D eigenvalue weighted by molar-refractivity contribution is -0.132. The summed E-state index contributed by atoms with van der Waals surface area (Å²) in [6.45, 7) is 2.67. The van der Waals surface area contributed by atoms with Crippen molar-refractivity contribution in [3.05, 3.63) is 33.7 Å². The second-order valence-electron chi connectivity index (χ2n) is 10.3. The molecule has 2 aromatic rings. The lowest BCUT2D eigenvalue weighted by atomic mass is 9.91. The summed E-state index contributed by atoms with van der Waals surface area (Å²) in [5.41, 5.74) is 0.143. The smallest absolute Gasteiger partial charge is 0.271 e. The number of hydrogen-bond donors (Lipinski definition) is 3. The Kier molecular flexibility index (Phi) is 7.20. The number of benzene rings is 1. The molecule has 1 aliphatic carbocycles. The normalized spacial score (nSPS) is 25.8. The van der Waals surface area contributed by atoms with Crippen LogP contribution in [0.3, 0.4) is 0 Å². The van der Waals surface area contributed by atoms with Crippen LogP contribution >= 0.6 is 23.2 Å². The zero-order chi connectivity index (χ0) is 26.4. The van der Waals surface area contributed by atoms with E-state index >= 15 is 0 Å². The zero-order valence-corrected chi connectivity index (χ0v) is 21.9. The Morgan fingerprint density at radius 3 is 2.68 bits per heavy atom. The topological polar surface area (TPSA) is 111 Å². The lowest BCUT2D eigenvalue weighted by Crippen LogP contribution is -2.53. The Labute approximate surface area is 223 Å². The molecule has 198 valence electrons. The van der Waals surface area contributed by atoms with Crippen LogP contribution in [0, 0.1) is 23.6 Å². The number of H-pyrrole nitrogens is 1. The first-order valence-corrected chi connectivity index (χ1v) is 13.5. The first-order chi connectivity index (χ1) is 17.7. The van der Waals surface area contributed by atoms with Crippen molar-refractivity contribution < 1.29 is 23.6 Å². The van der Waals surface area contributed by atoms with Crippen molar-refractivity contribution in [2.24, 2.45) is 17.8 Å². The molecular weight excluding hydrogens is 522 g/mol. The third-order valence-electron chi connectivity index (χ3n) is 8.14. The van der Waals surface area contributed by atoms with Crippen LogP contribution in [-0.4, -0.2) is 58.6 Å². The van der Waals surface area contributed by atoms with Gasteiger partial charge >= 0.3 is 0 Å². The van der Waals surface area contributed by atoms with Crippen LogP contribution in [0.5, 0.6) is 0 Å². The van der Waals surface area contributed by atoms with Crippen LogP contribution in [0.15, 0.2) is 12.1 Å². The molecule has 3 amide bonds. The molecule has 8 nitrogen and oxygen atoms in total. The van der Waals surface area contributed by atoms with Gasteiger partial charge in [-0.1, -0.05) is 36.5 Å². The van der Waals surface area contributed by atoms with Crippen molar-refractivity contribution in [3.8, 4) is 0 Å². The van der Waals surface area contributed by atoms with Gasteiger partial charge in [-0.25, -0.2) is 4.39 Å². The monoisotopic (exact) mass is 550 g/mol. The number of carbonyl (C=O) groups excluding carboxylic acids is 4. The van der Waals surface area contributed by atoms with E-state index in [1.165, 1.54) is 17.0 Å². The molecule has 5 rings (SSSR count). The fourth-order valence-corrected chi connectivity index (χ4v) is 6.75. The highest BCUT2D eigenvalue weighted by Gasteiger charge is 2.50. The Balaban J connectivity index is 1.41. The Morgan fingerprint density at radius 2 is 1.97 bits per heavy atom. The first-order valence-electron chi connectivity index (χ1n) is 12.8. The number of likely N-dealkylation sites (tertiary alicyclic amines) is 1. The maximum Gasteiger partial charge on any atom is 0.271 e. The highest BCUT2D eigenvalue weighted by Crippen LogP contribution is 2.43. The number of amides is 3. The number of rotatable bonds is 7. The second-order valence-corrected chi connectivity index (χ2v) is 11.1. The number of nitrogens with one attached hydrogen (secondary N) is 3. The van der Waals surface area contributed by atoms with Gasteiger partial charge in [0.2, 0.25) is 11.8 Å². The average molecular weight is 551 g/mol. The van der Waals surface area contributed by atoms with Gasteiger partial charge in [-0.15, -0.1) is 0 Å². The van der Waals surface area contributed by atoms with Crippen LogP contribution in [0.2, 0.25) is 10.0 Å². The molecule has 1 saturated carbocycles. The van der Waals surface area contributed by atoms with Crippen LogP contribution < -0.4 is 10.6 Å². The van der Waals surface area contributed by atoms with Crippen molar-refractivity contribution in [3.63, 3.8) is 0 Å². The van der Waals surface area contributed by atoms with Crippen molar-refractivity contribution in [2.75, 3.05) is 13.1 Å². The maximum atomic E-state index is 14.6. The van der Waals surface area contributed by atoms with Gasteiger partial charge < -0.3 is 20.5 Å². The van der Waals surface area contributed by atoms with Crippen LogP contribution in [0.25, 0.3) is 10.9 Å². The summed E-state index contributed by atoms with van der Waals surface area (Å²) in [6.07, 6.45) is 3.74. The molecule has 3 N–H and O–H groups in total. The molecule has 5 unspecified atom stereocenters. The van der Waals surface area contributed by atoms with E-state index < -0.39 is 29.7 Å². The first kappa shape index (κ1) is 26.0. The Hall–Kier alpha value is -2.65. The third kappa shape index (κ3) is 4.72. The fraction of sp³-hybridized carbons (Fsp3) is 0.538. The Morgan fingerprint density at radius 1 is 1.19 bits per heavy atom. The number of aromatic nitrogens is 1. The minimum absolute atomic E-state index is 0.0321. The molecule has 1 aromatic carbocycles. The molecular formula is C26H29Cl2FN4O4. The summed E-state index contributed by atoms with van der Waals surface area (Å²) >= 11 is 12.1. The van der Waals surface area contributed by atoms with Crippen molar-refractivity contribution in [1.29, 1.82) is 0 Å². The number of Topliss-reactive ketones (excluding diaryl/α,β-unsaturated/α-hetero) is 1. The minimum Gasteiger partial charge on any atom is -0.356 e. The second kappa shape index (κ2) is 10.3. The van der Waals surface area contributed by atoms with Gasteiger partial charge in [-0.3, -0.25) is 19.2 Å². The molecule has 11 heteroatoms. The van der Waals surface area contributed by atoms with Gasteiger partial charge in [0, 0.05) is 30.8 Å². The van der Waals surface area contributed by atoms with Crippen LogP contribution in [-0.2, 0) is 14.4 Å². The van der Waals surface area contributed by atoms with Gasteiger partial charge in [0.25, 0.3) is 5.91 Å². The van der Waals surface area contributed by atoms with Gasteiger partial charge in [0.05, 0.1) is 21.6 Å². The highest BCUT2D eigenvalue weighted by molar-refractivity contribution is 6.38. The molecule has 37 heavy (non-hydrogen) atoms. The predicted molar refractivity (Wildman–Crippen MR) is 137 cm³/mol. The number of nitrogens with zero attached hydrogens (tertiary/aromatic N) is 1. The van der Waals surface area contributed by atoms with E-state index in [2.05, 4.69) is 15.6 Å². The van der Waals surface area contributed by atoms with Crippen molar-refractivity contribution >= 4 is 57.6 Å². The Bertz CT molecular complexity index is 1280. The molecule has 1 aromatic heterocycles. The van der Waals surface area contributed by atoms with Gasteiger partial charge in [0.1, 0.15) is 11.7 Å². The molecule has 3 fully saturated rings. The van der Waals surface area contributed by atoms with Crippen LogP contribution in [0.4, 0.5) is 4.39 Å². The summed E-state index contributed by atoms with van der Waals surface area (Å²) in [6, 6.07) is 1.20. The van der Waals surface area contributed by atoms with Crippen molar-refractivity contribution in [1.82, 2.24) is 20.5 Å². The summed E-state index contributed by atoms with van der Waals surface area (Å²) in [4.78, 5) is 56.5. The zero-order valence-electron chi connectivity index (χ0n) is 20.4. The standard InChI is InChI=1S/C26H29Cl2FN4O4/c1-2-20(34)18(8-12-6-7-30-24(12)35)32-25(36)23-14-5-3-4-13(14)11-33(23)26(37)19-9-15-16(27)10-17(28)21(29)22(15)31-19/h9-10,12-14,18,23,31H,2-8,11H2,1H3,(H,30,35)(H,32,36). The van der Waals surface area contributed by atoms with Gasteiger partial charge in [-0.05, 0) is 49.7 Å². The van der Waals surface area contributed by atoms with E-state index in [9.17, 15) is 23.6 Å². The van der Waals surface area contributed by atoms with E-state index in [4.69, 9.17) is 23.2 Å². The number of aromatic amines is 1. The van der Waals surface area contributed by atoms with Gasteiger partial charge in [0.15, 0.2) is 11.6 Å². The average Bonchev–Trinajstić information content (AvgIpc) is 3.65.